The predicted molar refractivity (Wildman–Crippen MR) is 177 cm³/mol. The second-order valence-corrected chi connectivity index (χ2v) is 16.3. The van der Waals surface area contributed by atoms with Crippen molar-refractivity contribution >= 4 is 35.7 Å². The maximum absolute atomic E-state index is 12.8. The lowest BCUT2D eigenvalue weighted by Gasteiger charge is -2.43. The normalized spacial score (nSPS) is 12.7. The minimum Gasteiger partial charge on any atom is -0.466 e. The molecule has 0 aliphatic rings. The van der Waals surface area contributed by atoms with Crippen molar-refractivity contribution in [2.24, 2.45) is 0 Å². The van der Waals surface area contributed by atoms with Gasteiger partial charge in [0.25, 0.3) is 8.32 Å². The molecule has 3 aromatic carbocycles. The highest BCUT2D eigenvalue weighted by Gasteiger charge is 2.50. The van der Waals surface area contributed by atoms with Crippen molar-refractivity contribution < 1.29 is 23.4 Å². The molecular weight excluding hydrogens is 584 g/mol. The van der Waals surface area contributed by atoms with Crippen LogP contribution in [0.15, 0.2) is 91.4 Å². The summed E-state index contributed by atoms with van der Waals surface area (Å²) in [7, 11) is -1.39. The molecule has 10 heteroatoms. The van der Waals surface area contributed by atoms with Crippen LogP contribution in [0.2, 0.25) is 5.04 Å². The third-order valence-electron chi connectivity index (χ3n) is 7.87. The number of aryl methyl sites for hydroxylation is 2. The Labute approximate surface area is 265 Å². The number of carbonyl (C=O) groups is 1. The Bertz CT molecular complexity index is 1700. The lowest BCUT2D eigenvalue weighted by Crippen LogP contribution is -2.66. The molecule has 1 atom stereocenters. The number of rotatable bonds is 12. The molecule has 2 aromatic heterocycles. The zero-order valence-corrected chi connectivity index (χ0v) is 27.7. The summed E-state index contributed by atoms with van der Waals surface area (Å²) in [5.74, 6) is -0.351. The molecule has 0 bridgehead atoms. The van der Waals surface area contributed by atoms with E-state index in [1.54, 1.807) is 10.9 Å². The van der Waals surface area contributed by atoms with E-state index in [1.165, 1.54) is 23.8 Å². The zero-order chi connectivity index (χ0) is 32.0. The Kier molecular flexibility index (Phi) is 9.76. The number of esters is 1. The minimum atomic E-state index is -2.71. The zero-order valence-electron chi connectivity index (χ0n) is 26.7. The Hall–Kier alpha value is -4.38. The molecule has 0 unspecified atom stereocenters. The van der Waals surface area contributed by atoms with Crippen molar-refractivity contribution in [2.75, 3.05) is 26.9 Å². The summed E-state index contributed by atoms with van der Waals surface area (Å²) in [6.45, 7) is 11.3. The number of benzene rings is 3. The summed E-state index contributed by atoms with van der Waals surface area (Å²) in [5.41, 5.74) is 3.62. The second kappa shape index (κ2) is 13.7. The first-order valence-corrected chi connectivity index (χ1v) is 16.9. The lowest BCUT2D eigenvalue weighted by atomic mass is 10.1. The monoisotopic (exact) mass is 624 g/mol. The van der Waals surface area contributed by atoms with Gasteiger partial charge in [0.05, 0.1) is 38.8 Å². The highest BCUT2D eigenvalue weighted by molar-refractivity contribution is 6.99. The molecular formula is C35H40N4O5Si. The van der Waals surface area contributed by atoms with E-state index < -0.39 is 20.4 Å². The van der Waals surface area contributed by atoms with Crippen LogP contribution in [0.3, 0.4) is 0 Å². The smallest absolute Gasteiger partial charge is 0.349 e. The highest BCUT2D eigenvalue weighted by Crippen LogP contribution is 2.36. The van der Waals surface area contributed by atoms with Gasteiger partial charge in [-0.1, -0.05) is 93.6 Å². The van der Waals surface area contributed by atoms with Crippen LogP contribution in [0, 0.1) is 13.8 Å². The Morgan fingerprint density at radius 3 is 2.20 bits per heavy atom. The number of methoxy groups -OCH3 is 1. The maximum Gasteiger partial charge on any atom is 0.349 e. The van der Waals surface area contributed by atoms with Gasteiger partial charge < -0.3 is 18.6 Å². The van der Waals surface area contributed by atoms with E-state index in [1.807, 2.05) is 38.1 Å². The van der Waals surface area contributed by atoms with Crippen LogP contribution in [-0.2, 0) is 18.7 Å². The van der Waals surface area contributed by atoms with Gasteiger partial charge in [0.1, 0.15) is 11.7 Å². The fourth-order valence-electron chi connectivity index (χ4n) is 5.66. The molecule has 0 saturated heterocycles. The van der Waals surface area contributed by atoms with Gasteiger partial charge in [0, 0.05) is 0 Å². The van der Waals surface area contributed by atoms with Gasteiger partial charge in [-0.05, 0) is 46.5 Å². The number of hydrogen-bond acceptors (Lipinski definition) is 8. The van der Waals surface area contributed by atoms with Crippen LogP contribution >= 0.6 is 0 Å². The van der Waals surface area contributed by atoms with Crippen molar-refractivity contribution in [3.63, 3.8) is 0 Å². The predicted octanol–water partition coefficient (Wildman–Crippen LogP) is 4.95. The third-order valence-corrected chi connectivity index (χ3v) is 12.9. The molecule has 0 fully saturated rings. The molecule has 5 rings (SSSR count). The molecule has 45 heavy (non-hydrogen) atoms. The number of fused-ring (bicyclic) bond motifs is 1. The maximum atomic E-state index is 12.8. The van der Waals surface area contributed by atoms with Gasteiger partial charge in [-0.15, -0.1) is 0 Å². The number of hydrogen-bond donors (Lipinski definition) is 0. The van der Waals surface area contributed by atoms with Gasteiger partial charge >= 0.3 is 5.97 Å². The number of ether oxygens (including phenoxy) is 3. The standard InChI is InChI=1S/C35H40N4O5Si/c1-25-17-18-26(2)30(21-25)39-32-29(22-38-39)33(37-24-36-32)44-31(34(40)41-6)23-42-19-20-43-45(35(3,4)5,27-13-9-7-10-14-27)28-15-11-8-12-16-28/h7-18,21-22,24,31H,19-20,23H2,1-6H3/t31-/m0/s1. The van der Waals surface area contributed by atoms with Crippen LogP contribution < -0.4 is 15.1 Å². The van der Waals surface area contributed by atoms with Crippen molar-refractivity contribution in [2.45, 2.75) is 45.8 Å². The summed E-state index contributed by atoms with van der Waals surface area (Å²) in [5, 5.41) is 7.34. The first-order chi connectivity index (χ1) is 21.7. The minimum absolute atomic E-state index is 0.0482. The van der Waals surface area contributed by atoms with Crippen LogP contribution in [0.1, 0.15) is 31.9 Å². The molecule has 0 amide bonds. The third kappa shape index (κ3) is 6.68. The highest BCUT2D eigenvalue weighted by atomic mass is 28.4. The van der Waals surface area contributed by atoms with Crippen molar-refractivity contribution in [1.29, 1.82) is 0 Å². The van der Waals surface area contributed by atoms with E-state index in [0.29, 0.717) is 17.6 Å². The van der Waals surface area contributed by atoms with Gasteiger partial charge in [-0.25, -0.2) is 19.4 Å². The van der Waals surface area contributed by atoms with E-state index in [-0.39, 0.29) is 24.1 Å². The largest absolute Gasteiger partial charge is 0.466 e. The number of aromatic nitrogens is 4. The van der Waals surface area contributed by atoms with Crippen LogP contribution in [0.25, 0.3) is 16.7 Å². The molecule has 234 valence electrons. The lowest BCUT2D eigenvalue weighted by molar-refractivity contribution is -0.152. The first kappa shape index (κ1) is 32.0. The molecule has 0 aliphatic heterocycles. The van der Waals surface area contributed by atoms with Gasteiger partial charge in [-0.3, -0.25) is 0 Å². The number of nitrogens with zero attached hydrogens (tertiary/aromatic N) is 4. The second-order valence-electron chi connectivity index (χ2n) is 12.0. The molecule has 5 aromatic rings. The van der Waals surface area contributed by atoms with Crippen molar-refractivity contribution in [3.05, 3.63) is 103 Å². The first-order valence-electron chi connectivity index (χ1n) is 15.0. The average Bonchev–Trinajstić information content (AvgIpc) is 3.48. The van der Waals surface area contributed by atoms with E-state index >= 15 is 0 Å². The van der Waals surface area contributed by atoms with Gasteiger partial charge in [0.15, 0.2) is 5.65 Å². The fraction of sp³-hybridized carbons (Fsp3) is 0.314. The van der Waals surface area contributed by atoms with E-state index in [2.05, 4.69) is 90.4 Å². The Morgan fingerprint density at radius 2 is 1.58 bits per heavy atom. The molecule has 0 N–H and O–H groups in total. The average molecular weight is 625 g/mol. The van der Waals surface area contributed by atoms with Crippen LogP contribution in [-0.4, -0.2) is 67.1 Å². The van der Waals surface area contributed by atoms with Crippen molar-refractivity contribution in [1.82, 2.24) is 19.7 Å². The molecule has 0 radical (unpaired) electrons. The summed E-state index contributed by atoms with van der Waals surface area (Å²) in [4.78, 5) is 21.5. The number of carbonyl (C=O) groups excluding carboxylic acids is 1. The van der Waals surface area contributed by atoms with Gasteiger partial charge in [-0.2, -0.15) is 5.10 Å². The van der Waals surface area contributed by atoms with Crippen LogP contribution in [0.5, 0.6) is 5.88 Å². The summed E-state index contributed by atoms with van der Waals surface area (Å²) in [6, 6.07) is 27.0. The summed E-state index contributed by atoms with van der Waals surface area (Å²) < 4.78 is 25.8. The van der Waals surface area contributed by atoms with Crippen molar-refractivity contribution in [3.8, 4) is 11.6 Å². The molecule has 0 spiro atoms. The summed E-state index contributed by atoms with van der Waals surface area (Å²) >= 11 is 0. The molecule has 9 nitrogen and oxygen atoms in total. The van der Waals surface area contributed by atoms with E-state index in [4.69, 9.17) is 18.6 Å². The van der Waals surface area contributed by atoms with E-state index in [9.17, 15) is 4.79 Å². The quantitative estimate of drug-likeness (QED) is 0.109. The molecule has 0 aliphatic carbocycles. The Balaban J connectivity index is 1.32. The molecule has 0 saturated carbocycles. The van der Waals surface area contributed by atoms with Gasteiger partial charge in [0.2, 0.25) is 12.0 Å². The topological polar surface area (TPSA) is 97.6 Å². The van der Waals surface area contributed by atoms with E-state index in [0.717, 1.165) is 16.8 Å². The fourth-order valence-corrected chi connectivity index (χ4v) is 10.2. The molecule has 2 heterocycles. The summed E-state index contributed by atoms with van der Waals surface area (Å²) in [6.07, 6.45) is 1.98. The van der Waals surface area contributed by atoms with Crippen LogP contribution in [0.4, 0.5) is 0 Å². The SMILES string of the molecule is COC(=O)[C@H](COCCO[Si](c1ccccc1)(c1ccccc1)C(C)(C)C)Oc1ncnc2c1cnn2-c1cc(C)ccc1C. The Morgan fingerprint density at radius 1 is 0.911 bits per heavy atom.